The zero-order chi connectivity index (χ0) is 24.9. The summed E-state index contributed by atoms with van der Waals surface area (Å²) in [6.07, 6.45) is 10.7. The van der Waals surface area contributed by atoms with Crippen LogP contribution in [0.4, 0.5) is 0 Å². The second-order valence-electron chi connectivity index (χ2n) is 9.71. The summed E-state index contributed by atoms with van der Waals surface area (Å²) in [6.45, 7) is 6.19. The Labute approximate surface area is 212 Å². The molecule has 1 aromatic heterocycles. The van der Waals surface area contributed by atoms with Crippen molar-refractivity contribution in [3.8, 4) is 22.5 Å². The lowest BCUT2D eigenvalue weighted by molar-refractivity contribution is 0.388. The van der Waals surface area contributed by atoms with E-state index >= 15 is 0 Å². The lowest BCUT2D eigenvalue weighted by atomic mass is 9.91. The van der Waals surface area contributed by atoms with E-state index in [1.807, 2.05) is 24.3 Å². The van der Waals surface area contributed by atoms with Crippen LogP contribution in [0.5, 0.6) is 0 Å². The van der Waals surface area contributed by atoms with Gasteiger partial charge in [0.05, 0.1) is 0 Å². The van der Waals surface area contributed by atoms with Gasteiger partial charge in [-0.05, 0) is 66.9 Å². The van der Waals surface area contributed by atoms with Crippen molar-refractivity contribution in [2.75, 3.05) is 6.54 Å². The van der Waals surface area contributed by atoms with Crippen LogP contribution in [0, 0.1) is 0 Å². The summed E-state index contributed by atoms with van der Waals surface area (Å²) in [4.78, 5) is 21.7. The quantitative estimate of drug-likeness (QED) is 0.380. The van der Waals surface area contributed by atoms with Crippen LogP contribution in [-0.2, 0) is 6.54 Å². The van der Waals surface area contributed by atoms with Gasteiger partial charge in [0.2, 0.25) is 0 Å². The van der Waals surface area contributed by atoms with Crippen molar-refractivity contribution in [3.05, 3.63) is 87.6 Å². The Morgan fingerprint density at radius 2 is 1.86 bits per heavy atom. The van der Waals surface area contributed by atoms with Crippen molar-refractivity contribution in [3.63, 3.8) is 0 Å². The number of aromatic nitrogens is 2. The number of rotatable bonds is 8. The Balaban J connectivity index is 1.38. The van der Waals surface area contributed by atoms with Crippen LogP contribution in [0.15, 0.2) is 85.8 Å². The lowest BCUT2D eigenvalue weighted by Crippen LogP contribution is -2.35. The van der Waals surface area contributed by atoms with E-state index in [2.05, 4.69) is 59.2 Å². The van der Waals surface area contributed by atoms with Gasteiger partial charge in [-0.1, -0.05) is 73.1 Å². The fourth-order valence-corrected chi connectivity index (χ4v) is 5.17. The highest BCUT2D eigenvalue weighted by Gasteiger charge is 2.23. The van der Waals surface area contributed by atoms with E-state index in [1.54, 1.807) is 0 Å². The van der Waals surface area contributed by atoms with E-state index in [9.17, 15) is 4.79 Å². The van der Waals surface area contributed by atoms with Crippen LogP contribution in [0.3, 0.4) is 0 Å². The number of aliphatic imine (C=N–C) groups is 1. The van der Waals surface area contributed by atoms with Crippen LogP contribution >= 0.6 is 0 Å². The van der Waals surface area contributed by atoms with E-state index in [0.717, 1.165) is 42.6 Å². The number of H-pyrrole nitrogens is 1. The van der Waals surface area contributed by atoms with E-state index in [1.165, 1.54) is 60.3 Å². The van der Waals surface area contributed by atoms with Crippen molar-refractivity contribution in [2.45, 2.75) is 65.3 Å². The summed E-state index contributed by atoms with van der Waals surface area (Å²) >= 11 is 0. The number of hydrogen-bond donors (Lipinski definition) is 1. The molecule has 2 heterocycles. The number of nitrogens with one attached hydrogen (secondary N) is 1. The first-order chi connectivity index (χ1) is 17.6. The molecule has 1 aliphatic carbocycles. The third-order valence-electron chi connectivity index (χ3n) is 7.14. The van der Waals surface area contributed by atoms with Gasteiger partial charge in [-0.15, -0.1) is 0 Å². The SMILES string of the molecule is CCCCC1=NC(C)=C(C2=CCCCC2)CN1Cc1ccc(-c2ccccc2-c2noc(=O)[nH]2)cc1. The predicted molar refractivity (Wildman–Crippen MR) is 145 cm³/mol. The first-order valence-electron chi connectivity index (χ1n) is 13.1. The molecule has 1 aliphatic heterocycles. The minimum absolute atomic E-state index is 0.441. The van der Waals surface area contributed by atoms with Gasteiger partial charge in [0.15, 0.2) is 5.82 Å². The van der Waals surface area contributed by atoms with Crippen molar-refractivity contribution in [2.24, 2.45) is 4.99 Å². The molecule has 5 rings (SSSR count). The molecule has 2 aliphatic rings. The Morgan fingerprint density at radius 3 is 2.56 bits per heavy atom. The number of benzene rings is 2. The topological polar surface area (TPSA) is 74.5 Å². The maximum absolute atomic E-state index is 11.5. The Hall–Kier alpha value is -3.67. The Kier molecular flexibility index (Phi) is 7.31. The molecule has 36 heavy (non-hydrogen) atoms. The van der Waals surface area contributed by atoms with Crippen LogP contribution in [-0.4, -0.2) is 27.4 Å². The monoisotopic (exact) mass is 482 g/mol. The summed E-state index contributed by atoms with van der Waals surface area (Å²) < 4.78 is 4.73. The van der Waals surface area contributed by atoms with Crippen LogP contribution in [0.1, 0.15) is 64.4 Å². The normalized spacial score (nSPS) is 16.2. The Bertz CT molecular complexity index is 1360. The van der Waals surface area contributed by atoms with Crippen LogP contribution in [0.25, 0.3) is 22.5 Å². The maximum atomic E-state index is 11.5. The van der Waals surface area contributed by atoms with Gasteiger partial charge in [0.1, 0.15) is 5.84 Å². The molecule has 0 saturated heterocycles. The fourth-order valence-electron chi connectivity index (χ4n) is 5.17. The molecule has 186 valence electrons. The number of allylic oxidation sites excluding steroid dienone is 2. The molecule has 0 amide bonds. The van der Waals surface area contributed by atoms with Gasteiger partial charge in [0, 0.05) is 30.8 Å². The van der Waals surface area contributed by atoms with Crippen molar-refractivity contribution in [1.29, 1.82) is 0 Å². The maximum Gasteiger partial charge on any atom is 0.439 e. The average molecular weight is 483 g/mol. The van der Waals surface area contributed by atoms with Crippen molar-refractivity contribution < 1.29 is 4.52 Å². The van der Waals surface area contributed by atoms with E-state index in [-0.39, 0.29) is 0 Å². The minimum Gasteiger partial charge on any atom is -0.351 e. The van der Waals surface area contributed by atoms with Gasteiger partial charge in [-0.25, -0.2) is 9.79 Å². The zero-order valence-electron chi connectivity index (χ0n) is 21.2. The second-order valence-corrected chi connectivity index (χ2v) is 9.71. The molecular weight excluding hydrogens is 448 g/mol. The molecule has 0 fully saturated rings. The zero-order valence-corrected chi connectivity index (χ0v) is 21.2. The summed E-state index contributed by atoms with van der Waals surface area (Å²) in [5, 5.41) is 3.88. The first kappa shape index (κ1) is 24.0. The second kappa shape index (κ2) is 10.9. The van der Waals surface area contributed by atoms with E-state index in [0.29, 0.717) is 5.82 Å². The van der Waals surface area contributed by atoms with Crippen molar-refractivity contribution >= 4 is 5.84 Å². The van der Waals surface area contributed by atoms with E-state index in [4.69, 9.17) is 9.52 Å². The highest BCUT2D eigenvalue weighted by atomic mass is 16.5. The molecule has 3 aromatic rings. The number of nitrogens with zero attached hydrogens (tertiary/aromatic N) is 3. The largest absolute Gasteiger partial charge is 0.439 e. The van der Waals surface area contributed by atoms with E-state index < -0.39 is 5.76 Å². The van der Waals surface area contributed by atoms with Gasteiger partial charge in [0.25, 0.3) is 0 Å². The van der Waals surface area contributed by atoms with Gasteiger partial charge < -0.3 is 4.90 Å². The van der Waals surface area contributed by atoms with Crippen LogP contribution in [0.2, 0.25) is 0 Å². The van der Waals surface area contributed by atoms with Crippen LogP contribution < -0.4 is 5.76 Å². The molecule has 0 radical (unpaired) electrons. The van der Waals surface area contributed by atoms with Crippen molar-refractivity contribution in [1.82, 2.24) is 15.0 Å². The highest BCUT2D eigenvalue weighted by molar-refractivity contribution is 5.85. The molecular formula is C30H34N4O2. The third-order valence-corrected chi connectivity index (χ3v) is 7.14. The third kappa shape index (κ3) is 5.27. The number of amidine groups is 1. The fraction of sp³-hybridized carbons (Fsp3) is 0.367. The number of aromatic amines is 1. The summed E-state index contributed by atoms with van der Waals surface area (Å²) in [6, 6.07) is 16.6. The Morgan fingerprint density at radius 1 is 1.06 bits per heavy atom. The molecule has 0 unspecified atom stereocenters. The predicted octanol–water partition coefficient (Wildman–Crippen LogP) is 6.88. The molecule has 1 N–H and O–H groups in total. The molecule has 6 nitrogen and oxygen atoms in total. The summed E-state index contributed by atoms with van der Waals surface area (Å²) in [7, 11) is 0. The molecule has 0 spiro atoms. The molecule has 2 aromatic carbocycles. The first-order valence-corrected chi connectivity index (χ1v) is 13.1. The average Bonchev–Trinajstić information content (AvgIpc) is 3.35. The minimum atomic E-state index is -0.551. The van der Waals surface area contributed by atoms with Gasteiger partial charge in [-0.3, -0.25) is 9.51 Å². The molecule has 0 bridgehead atoms. The van der Waals surface area contributed by atoms with Gasteiger partial charge >= 0.3 is 5.76 Å². The lowest BCUT2D eigenvalue weighted by Gasteiger charge is -2.33. The standard InChI is InChI=1S/C30H34N4O2/c1-3-4-14-28-31-21(2)27(23-10-6-5-7-11-23)20-34(28)19-22-15-17-24(18-16-22)25-12-8-9-13-26(25)29-32-30(35)36-33-29/h8-10,12-13,15-18H,3-7,11,14,19-20H2,1-2H3,(H,32,33,35). The highest BCUT2D eigenvalue weighted by Crippen LogP contribution is 2.32. The number of hydrogen-bond acceptors (Lipinski definition) is 5. The molecule has 0 saturated carbocycles. The van der Waals surface area contributed by atoms with Gasteiger partial charge in [-0.2, -0.15) is 0 Å². The smallest absolute Gasteiger partial charge is 0.351 e. The summed E-state index contributed by atoms with van der Waals surface area (Å²) in [5.41, 5.74) is 8.28. The number of unbranched alkanes of at least 4 members (excludes halogenated alkanes) is 1. The summed E-state index contributed by atoms with van der Waals surface area (Å²) in [5.74, 6) is 1.10. The molecule has 6 heteroatoms. The molecule has 0 atom stereocenters.